The summed E-state index contributed by atoms with van der Waals surface area (Å²) in [4.78, 5) is 34.9. The minimum absolute atomic E-state index is 0.0343. The molecule has 0 saturated heterocycles. The summed E-state index contributed by atoms with van der Waals surface area (Å²) >= 11 is 0. The topological polar surface area (TPSA) is 155 Å². The Hall–Kier alpha value is -2.07. The molecule has 0 amide bonds. The molecular weight excluding hydrogens is 729 g/mol. The van der Waals surface area contributed by atoms with Gasteiger partial charge in [-0.05, 0) is 44.9 Å². The first kappa shape index (κ1) is 53.9. The van der Waals surface area contributed by atoms with Crippen molar-refractivity contribution in [2.75, 3.05) is 26.4 Å². The Bertz CT molecular complexity index is 1080. The summed E-state index contributed by atoms with van der Waals surface area (Å²) in [6.45, 7) is 3.56. The third-order valence-electron chi connectivity index (χ3n) is 9.30. The number of phosphoric acid groups is 1. The molecule has 3 atom stereocenters. The molecule has 0 aromatic rings. The molecule has 1 unspecified atom stereocenters. The van der Waals surface area contributed by atoms with E-state index in [1.807, 2.05) is 36.5 Å². The third kappa shape index (κ3) is 40.1. The average Bonchev–Trinajstić information content (AvgIpc) is 3.18. The lowest BCUT2D eigenvalue weighted by Gasteiger charge is -2.19. The van der Waals surface area contributed by atoms with E-state index in [2.05, 4.69) is 19.9 Å². The molecule has 0 saturated carbocycles. The molecule has 11 heteroatoms. The van der Waals surface area contributed by atoms with Gasteiger partial charge in [0.05, 0.1) is 19.3 Å². The fourth-order valence-corrected chi connectivity index (χ4v) is 6.71. The molecule has 0 aliphatic heterocycles. The van der Waals surface area contributed by atoms with Gasteiger partial charge in [0, 0.05) is 19.4 Å². The summed E-state index contributed by atoms with van der Waals surface area (Å²) in [5.74, 6) is -0.930. The molecule has 0 spiro atoms. The van der Waals surface area contributed by atoms with E-state index in [9.17, 15) is 24.2 Å². The van der Waals surface area contributed by atoms with Crippen LogP contribution in [0, 0.1) is 0 Å². The van der Waals surface area contributed by atoms with Gasteiger partial charge in [-0.15, -0.1) is 0 Å². The van der Waals surface area contributed by atoms with Gasteiger partial charge in [-0.25, -0.2) is 4.57 Å². The van der Waals surface area contributed by atoms with Gasteiger partial charge in [0.25, 0.3) is 0 Å². The maximum absolute atomic E-state index is 12.6. The number of unbranched alkanes of at least 4 members (excludes halogenated alkanes) is 20. The highest BCUT2D eigenvalue weighted by atomic mass is 31.2. The van der Waals surface area contributed by atoms with E-state index in [4.69, 9.17) is 24.3 Å². The van der Waals surface area contributed by atoms with Crippen molar-refractivity contribution in [1.82, 2.24) is 0 Å². The number of ether oxygens (including phenoxy) is 2. The number of carbonyl (C=O) groups is 2. The number of aliphatic hydroxyl groups excluding tert-OH is 1. The van der Waals surface area contributed by atoms with E-state index < -0.39 is 38.6 Å². The highest BCUT2D eigenvalue weighted by Crippen LogP contribution is 2.43. The van der Waals surface area contributed by atoms with E-state index in [1.54, 1.807) is 6.08 Å². The van der Waals surface area contributed by atoms with E-state index in [0.717, 1.165) is 32.1 Å². The van der Waals surface area contributed by atoms with Crippen molar-refractivity contribution in [2.45, 2.75) is 199 Å². The molecular formula is C45H82NO9P. The summed E-state index contributed by atoms with van der Waals surface area (Å²) < 4.78 is 32.7. The van der Waals surface area contributed by atoms with Crippen LogP contribution >= 0.6 is 7.82 Å². The predicted molar refractivity (Wildman–Crippen MR) is 230 cm³/mol. The Balaban J connectivity index is 4.28. The second-order valence-corrected chi connectivity index (χ2v) is 16.2. The average molecular weight is 812 g/mol. The molecule has 0 radical (unpaired) electrons. The van der Waals surface area contributed by atoms with Gasteiger partial charge in [0.1, 0.15) is 6.61 Å². The van der Waals surface area contributed by atoms with Gasteiger partial charge in [0.2, 0.25) is 0 Å². The predicted octanol–water partition coefficient (Wildman–Crippen LogP) is 11.7. The lowest BCUT2D eigenvalue weighted by Crippen LogP contribution is -2.29. The number of hydrogen-bond acceptors (Lipinski definition) is 9. The summed E-state index contributed by atoms with van der Waals surface area (Å²) in [5, 5.41) is 10.0. The number of allylic oxidation sites excluding steroid dienone is 6. The largest absolute Gasteiger partial charge is 0.472 e. The number of aliphatic hydroxyl groups is 1. The second-order valence-electron chi connectivity index (χ2n) is 14.8. The summed E-state index contributed by atoms with van der Waals surface area (Å²) in [6.07, 6.45) is 43.2. The zero-order valence-corrected chi connectivity index (χ0v) is 36.4. The Morgan fingerprint density at radius 2 is 1.16 bits per heavy atom. The maximum atomic E-state index is 12.6. The van der Waals surface area contributed by atoms with Gasteiger partial charge < -0.3 is 25.2 Å². The quantitative estimate of drug-likeness (QED) is 0.0179. The molecule has 326 valence electrons. The standard InChI is InChI=1S/C45H82NO9P/c1-3-5-7-9-11-12-13-14-15-16-17-18-19-20-24-28-32-36-44(48)52-40-43(41-54-56(50,51)53-39-38-46)55-45(49)37-33-29-25-22-21-23-27-31-35-42(47)34-30-26-10-8-6-4-2/h22-23,25-27,30-31,35,42-43,47H,3-21,24,28-29,32-34,36-41,46H2,1-2H3,(H,50,51)/b25-22-,27-23-,30-26-,35-31+/t42-,43+/m0/s1. The zero-order valence-electron chi connectivity index (χ0n) is 35.5. The van der Waals surface area contributed by atoms with Crippen LogP contribution in [0.1, 0.15) is 187 Å². The van der Waals surface area contributed by atoms with E-state index >= 15 is 0 Å². The Morgan fingerprint density at radius 3 is 1.77 bits per heavy atom. The number of phosphoric ester groups is 1. The summed E-state index contributed by atoms with van der Waals surface area (Å²) in [6, 6.07) is 0. The van der Waals surface area contributed by atoms with Gasteiger partial charge in [-0.1, -0.05) is 178 Å². The first-order valence-corrected chi connectivity index (χ1v) is 23.7. The Labute approximate surface area is 341 Å². The molecule has 0 aliphatic rings. The fourth-order valence-electron chi connectivity index (χ4n) is 5.95. The van der Waals surface area contributed by atoms with Crippen molar-refractivity contribution < 1.29 is 42.7 Å². The molecule has 56 heavy (non-hydrogen) atoms. The Kier molecular flexibility index (Phi) is 39.6. The molecule has 10 nitrogen and oxygen atoms in total. The van der Waals surface area contributed by atoms with Crippen molar-refractivity contribution in [3.63, 3.8) is 0 Å². The SMILES string of the molecule is CCCCC/C=C\C[C@H](O)/C=C/C=C\C/C=C\CCCC(=O)O[C@H](COC(=O)CCCCCCCCCCCCCCCCCCC)COP(=O)(O)OCCN. The van der Waals surface area contributed by atoms with Gasteiger partial charge in [-0.3, -0.25) is 18.6 Å². The minimum atomic E-state index is -4.41. The highest BCUT2D eigenvalue weighted by molar-refractivity contribution is 7.47. The van der Waals surface area contributed by atoms with E-state index in [-0.39, 0.29) is 32.6 Å². The van der Waals surface area contributed by atoms with Crippen molar-refractivity contribution >= 4 is 19.8 Å². The highest BCUT2D eigenvalue weighted by Gasteiger charge is 2.26. The fraction of sp³-hybridized carbons (Fsp3) is 0.778. The first-order valence-electron chi connectivity index (χ1n) is 22.2. The number of hydrogen-bond donors (Lipinski definition) is 3. The van der Waals surface area contributed by atoms with E-state index in [0.29, 0.717) is 19.3 Å². The molecule has 4 N–H and O–H groups in total. The normalized spacial score (nSPS) is 14.3. The molecule has 0 fully saturated rings. The van der Waals surface area contributed by atoms with Crippen LogP contribution in [0.25, 0.3) is 0 Å². The third-order valence-corrected chi connectivity index (χ3v) is 10.3. The van der Waals surface area contributed by atoms with Crippen LogP contribution in [0.3, 0.4) is 0 Å². The van der Waals surface area contributed by atoms with Crippen molar-refractivity contribution in [3.8, 4) is 0 Å². The Morgan fingerprint density at radius 1 is 0.625 bits per heavy atom. The first-order chi connectivity index (χ1) is 27.2. The molecule has 0 aromatic heterocycles. The number of esters is 2. The molecule has 0 aromatic carbocycles. The van der Waals surface area contributed by atoms with Crippen LogP contribution in [0.5, 0.6) is 0 Å². The second kappa shape index (κ2) is 41.1. The number of rotatable bonds is 41. The van der Waals surface area contributed by atoms with Crippen molar-refractivity contribution in [3.05, 3.63) is 48.6 Å². The van der Waals surface area contributed by atoms with Crippen molar-refractivity contribution in [1.29, 1.82) is 0 Å². The van der Waals surface area contributed by atoms with Gasteiger partial charge >= 0.3 is 19.8 Å². The molecule has 0 rings (SSSR count). The maximum Gasteiger partial charge on any atom is 0.472 e. The summed E-state index contributed by atoms with van der Waals surface area (Å²) in [5.41, 5.74) is 5.34. The number of nitrogens with two attached hydrogens (primary N) is 1. The molecule has 0 bridgehead atoms. The lowest BCUT2D eigenvalue weighted by atomic mass is 10.0. The zero-order chi connectivity index (χ0) is 41.2. The lowest BCUT2D eigenvalue weighted by molar-refractivity contribution is -0.161. The van der Waals surface area contributed by atoms with Gasteiger partial charge in [0.15, 0.2) is 6.10 Å². The number of carbonyl (C=O) groups excluding carboxylic acids is 2. The van der Waals surface area contributed by atoms with Crippen LogP contribution in [0.15, 0.2) is 48.6 Å². The van der Waals surface area contributed by atoms with Crippen LogP contribution in [-0.2, 0) is 32.7 Å². The minimum Gasteiger partial charge on any atom is -0.462 e. The van der Waals surface area contributed by atoms with Crippen LogP contribution in [0.2, 0.25) is 0 Å². The smallest absolute Gasteiger partial charge is 0.462 e. The monoisotopic (exact) mass is 812 g/mol. The van der Waals surface area contributed by atoms with Crippen LogP contribution in [0.4, 0.5) is 0 Å². The van der Waals surface area contributed by atoms with Crippen LogP contribution < -0.4 is 5.73 Å². The van der Waals surface area contributed by atoms with E-state index in [1.165, 1.54) is 109 Å². The molecule has 0 aliphatic carbocycles. The van der Waals surface area contributed by atoms with Gasteiger partial charge in [-0.2, -0.15) is 0 Å². The molecule has 0 heterocycles. The van der Waals surface area contributed by atoms with Crippen LogP contribution in [-0.4, -0.2) is 60.5 Å². The van der Waals surface area contributed by atoms with Crippen molar-refractivity contribution in [2.24, 2.45) is 5.73 Å². The summed E-state index contributed by atoms with van der Waals surface area (Å²) in [7, 11) is -4.41.